The van der Waals surface area contributed by atoms with Crippen LogP contribution in [-0.4, -0.2) is 35.7 Å². The van der Waals surface area contributed by atoms with Gasteiger partial charge in [-0.15, -0.1) is 0 Å². The lowest BCUT2D eigenvalue weighted by atomic mass is 10.1. The van der Waals surface area contributed by atoms with Crippen molar-refractivity contribution in [2.45, 2.75) is 19.9 Å². The number of hydrogen-bond acceptors (Lipinski definition) is 5. The number of ether oxygens (including phenoxy) is 1. The van der Waals surface area contributed by atoms with Gasteiger partial charge in [-0.3, -0.25) is 9.59 Å². The summed E-state index contributed by atoms with van der Waals surface area (Å²) >= 11 is 5.96. The van der Waals surface area contributed by atoms with E-state index in [0.717, 1.165) is 23.7 Å². The molecule has 0 aliphatic carbocycles. The van der Waals surface area contributed by atoms with Crippen LogP contribution in [0.4, 0.5) is 5.69 Å². The third kappa shape index (κ3) is 6.00. The Morgan fingerprint density at radius 2 is 1.77 bits per heavy atom. The summed E-state index contributed by atoms with van der Waals surface area (Å²) in [6.07, 6.45) is 0.833. The van der Waals surface area contributed by atoms with E-state index in [1.165, 1.54) is 12.5 Å². The zero-order valence-electron chi connectivity index (χ0n) is 19.7. The highest BCUT2D eigenvalue weighted by Gasteiger charge is 2.14. The van der Waals surface area contributed by atoms with E-state index in [0.29, 0.717) is 41.1 Å². The molecule has 0 aliphatic heterocycles. The van der Waals surface area contributed by atoms with E-state index in [4.69, 9.17) is 16.3 Å². The molecular formula is C27H27ClN4O3. The maximum atomic E-state index is 13.5. The van der Waals surface area contributed by atoms with Gasteiger partial charge in [0.05, 0.1) is 18.1 Å². The number of benzene rings is 3. The van der Waals surface area contributed by atoms with E-state index < -0.39 is 0 Å². The first-order chi connectivity index (χ1) is 16.9. The number of halogens is 1. The highest BCUT2D eigenvalue weighted by molar-refractivity contribution is 6.30. The fraction of sp³-hybridized carbons (Fsp3) is 0.222. The van der Waals surface area contributed by atoms with E-state index in [1.54, 1.807) is 23.8 Å². The van der Waals surface area contributed by atoms with Crippen molar-refractivity contribution >= 4 is 34.2 Å². The fourth-order valence-corrected chi connectivity index (χ4v) is 3.98. The molecule has 35 heavy (non-hydrogen) atoms. The van der Waals surface area contributed by atoms with Crippen LogP contribution in [-0.2, 0) is 17.8 Å². The Morgan fingerprint density at radius 1 is 1.03 bits per heavy atom. The molecule has 7 nitrogen and oxygen atoms in total. The number of fused-ring (bicyclic) bond motifs is 1. The zero-order valence-corrected chi connectivity index (χ0v) is 20.4. The van der Waals surface area contributed by atoms with Crippen molar-refractivity contribution in [1.82, 2.24) is 14.9 Å². The molecular weight excluding hydrogens is 464 g/mol. The maximum Gasteiger partial charge on any atom is 0.277 e. The van der Waals surface area contributed by atoms with Crippen LogP contribution >= 0.6 is 11.6 Å². The molecule has 3 aromatic carbocycles. The Bertz CT molecular complexity index is 1380. The number of nitrogens with one attached hydrogen (secondary N) is 2. The van der Waals surface area contributed by atoms with Gasteiger partial charge in [0.2, 0.25) is 5.91 Å². The normalized spacial score (nSPS) is 10.8. The smallest absolute Gasteiger partial charge is 0.277 e. The Morgan fingerprint density at radius 3 is 2.46 bits per heavy atom. The van der Waals surface area contributed by atoms with Gasteiger partial charge in [0.15, 0.2) is 0 Å². The molecule has 0 saturated heterocycles. The highest BCUT2D eigenvalue weighted by atomic mass is 35.5. The number of carbonyl (C=O) groups is 1. The molecule has 180 valence electrons. The van der Waals surface area contributed by atoms with Crippen LogP contribution < -0.4 is 20.9 Å². The fourth-order valence-electron chi connectivity index (χ4n) is 3.85. The standard InChI is InChI=1S/C27H27ClN4O3/c1-18(33)29-15-16-32-25-17-22(30-14-13-19-3-7-21(28)8-4-19)9-12-24(25)31-26(27(32)34)20-5-10-23(35-2)11-6-20/h3-12,17,30H,13-16H2,1-2H3,(H,29,33). The number of nitrogens with zero attached hydrogens (tertiary/aromatic N) is 2. The molecule has 0 spiro atoms. The molecule has 0 bridgehead atoms. The van der Waals surface area contributed by atoms with Gasteiger partial charge in [0.25, 0.3) is 5.56 Å². The molecule has 2 N–H and O–H groups in total. The summed E-state index contributed by atoms with van der Waals surface area (Å²) in [5, 5.41) is 6.91. The molecule has 1 heterocycles. The number of carbonyl (C=O) groups excluding carboxylic acids is 1. The van der Waals surface area contributed by atoms with Gasteiger partial charge in [0, 0.05) is 42.8 Å². The Kier molecular flexibility index (Phi) is 7.67. The summed E-state index contributed by atoms with van der Waals surface area (Å²) in [5.41, 5.74) is 4.31. The number of hydrogen-bond donors (Lipinski definition) is 2. The van der Waals surface area contributed by atoms with Crippen molar-refractivity contribution in [3.8, 4) is 17.0 Å². The lowest BCUT2D eigenvalue weighted by Crippen LogP contribution is -2.31. The summed E-state index contributed by atoms with van der Waals surface area (Å²) < 4.78 is 6.90. The summed E-state index contributed by atoms with van der Waals surface area (Å²) in [6, 6.07) is 20.8. The van der Waals surface area contributed by atoms with Crippen molar-refractivity contribution in [3.63, 3.8) is 0 Å². The molecule has 8 heteroatoms. The van der Waals surface area contributed by atoms with Gasteiger partial charge >= 0.3 is 0 Å². The SMILES string of the molecule is COc1ccc(-c2nc3ccc(NCCc4ccc(Cl)cc4)cc3n(CCNC(C)=O)c2=O)cc1. The molecule has 0 fully saturated rings. The lowest BCUT2D eigenvalue weighted by molar-refractivity contribution is -0.118. The molecule has 0 atom stereocenters. The predicted octanol–water partition coefficient (Wildman–Crippen LogP) is 4.52. The molecule has 0 aliphatic rings. The van der Waals surface area contributed by atoms with E-state index in [9.17, 15) is 9.59 Å². The maximum absolute atomic E-state index is 13.5. The van der Waals surface area contributed by atoms with Crippen molar-refractivity contribution in [2.75, 3.05) is 25.5 Å². The Labute approximate surface area is 208 Å². The minimum absolute atomic E-state index is 0.142. The second-order valence-electron chi connectivity index (χ2n) is 8.14. The van der Waals surface area contributed by atoms with Gasteiger partial charge in [-0.25, -0.2) is 4.98 Å². The molecule has 4 rings (SSSR count). The second-order valence-corrected chi connectivity index (χ2v) is 8.57. The van der Waals surface area contributed by atoms with Gasteiger partial charge in [-0.2, -0.15) is 0 Å². The van der Waals surface area contributed by atoms with Crippen LogP contribution in [0.2, 0.25) is 5.02 Å². The third-order valence-electron chi connectivity index (χ3n) is 5.68. The van der Waals surface area contributed by atoms with E-state index >= 15 is 0 Å². The number of anilines is 1. The molecule has 0 radical (unpaired) electrons. The average Bonchev–Trinajstić information content (AvgIpc) is 2.86. The van der Waals surface area contributed by atoms with Gasteiger partial charge in [-0.1, -0.05) is 23.7 Å². The third-order valence-corrected chi connectivity index (χ3v) is 5.93. The summed E-state index contributed by atoms with van der Waals surface area (Å²) in [5.74, 6) is 0.561. The summed E-state index contributed by atoms with van der Waals surface area (Å²) in [6.45, 7) is 2.85. The topological polar surface area (TPSA) is 85.2 Å². The van der Waals surface area contributed by atoms with Gasteiger partial charge < -0.3 is 19.9 Å². The Hall–Kier alpha value is -3.84. The number of methoxy groups -OCH3 is 1. The first-order valence-corrected chi connectivity index (χ1v) is 11.7. The quantitative estimate of drug-likeness (QED) is 0.360. The lowest BCUT2D eigenvalue weighted by Gasteiger charge is -2.15. The summed E-state index contributed by atoms with van der Waals surface area (Å²) in [7, 11) is 1.60. The van der Waals surface area contributed by atoms with Crippen LogP contribution in [0.5, 0.6) is 5.75 Å². The molecule has 0 saturated carbocycles. The first-order valence-electron chi connectivity index (χ1n) is 11.4. The Balaban J connectivity index is 1.65. The predicted molar refractivity (Wildman–Crippen MR) is 140 cm³/mol. The van der Waals surface area contributed by atoms with Crippen molar-refractivity contribution < 1.29 is 9.53 Å². The second kappa shape index (κ2) is 11.1. The van der Waals surface area contributed by atoms with Crippen molar-refractivity contribution in [1.29, 1.82) is 0 Å². The minimum atomic E-state index is -0.216. The summed E-state index contributed by atoms with van der Waals surface area (Å²) in [4.78, 5) is 29.6. The highest BCUT2D eigenvalue weighted by Crippen LogP contribution is 2.23. The van der Waals surface area contributed by atoms with Crippen LogP contribution in [0.3, 0.4) is 0 Å². The first kappa shape index (κ1) is 24.3. The molecule has 0 unspecified atom stereocenters. The number of rotatable bonds is 9. The largest absolute Gasteiger partial charge is 0.497 e. The van der Waals surface area contributed by atoms with Crippen LogP contribution in [0, 0.1) is 0 Å². The van der Waals surface area contributed by atoms with Gasteiger partial charge in [-0.05, 0) is 66.6 Å². The van der Waals surface area contributed by atoms with Crippen molar-refractivity contribution in [3.05, 3.63) is 87.7 Å². The van der Waals surface area contributed by atoms with E-state index in [1.807, 2.05) is 54.6 Å². The molecule has 4 aromatic rings. The number of aromatic nitrogens is 2. The van der Waals surface area contributed by atoms with Gasteiger partial charge in [0.1, 0.15) is 11.4 Å². The average molecular weight is 491 g/mol. The van der Waals surface area contributed by atoms with E-state index in [-0.39, 0.29) is 11.5 Å². The van der Waals surface area contributed by atoms with Crippen molar-refractivity contribution in [2.24, 2.45) is 0 Å². The zero-order chi connectivity index (χ0) is 24.8. The van der Waals surface area contributed by atoms with Crippen LogP contribution in [0.15, 0.2) is 71.5 Å². The molecule has 1 amide bonds. The van der Waals surface area contributed by atoms with E-state index in [2.05, 4.69) is 15.6 Å². The van der Waals surface area contributed by atoms with Crippen LogP contribution in [0.25, 0.3) is 22.3 Å². The number of amides is 1. The van der Waals surface area contributed by atoms with Crippen LogP contribution in [0.1, 0.15) is 12.5 Å². The molecule has 1 aromatic heterocycles. The monoisotopic (exact) mass is 490 g/mol. The minimum Gasteiger partial charge on any atom is -0.497 e.